The molecule has 1 N–H and O–H groups in total. The van der Waals surface area contributed by atoms with Crippen molar-refractivity contribution in [2.45, 2.75) is 105 Å². The summed E-state index contributed by atoms with van der Waals surface area (Å²) >= 11 is 3.99. The molecule has 0 heterocycles. The Kier molecular flexibility index (Phi) is 9.67. The summed E-state index contributed by atoms with van der Waals surface area (Å²) in [6, 6.07) is 38.7. The minimum absolute atomic E-state index is 0.0335. The number of rotatable bonds is 5. The number of benzene rings is 5. The molecule has 0 aliphatic heterocycles. The minimum atomic E-state index is 0.0335. The first-order valence-electron chi connectivity index (χ1n) is 17.3. The van der Waals surface area contributed by atoms with E-state index >= 15 is 0 Å². The fourth-order valence-corrected chi connectivity index (χ4v) is 6.66. The number of anilines is 2. The van der Waals surface area contributed by atoms with Gasteiger partial charge in [0.15, 0.2) is 0 Å². The van der Waals surface area contributed by atoms with Crippen LogP contribution in [0.4, 0.5) is 11.4 Å². The average Bonchev–Trinajstić information content (AvgIpc) is 3.00. The second-order valence-corrected chi connectivity index (χ2v) is 18.3. The van der Waals surface area contributed by atoms with Crippen LogP contribution in [-0.2, 0) is 21.7 Å². The zero-order chi connectivity index (χ0) is 35.2. The Balaban J connectivity index is 1.67. The largest absolute Gasteiger partial charge is 0.354 e. The summed E-state index contributed by atoms with van der Waals surface area (Å²) in [6.07, 6.45) is 0. The predicted molar refractivity (Wildman–Crippen MR) is 215 cm³/mol. The van der Waals surface area contributed by atoms with Crippen molar-refractivity contribution in [2.75, 3.05) is 5.32 Å². The van der Waals surface area contributed by atoms with Crippen molar-refractivity contribution in [1.29, 1.82) is 0 Å². The summed E-state index contributed by atoms with van der Waals surface area (Å²) < 4.78 is 1.06. The summed E-state index contributed by atoms with van der Waals surface area (Å²) in [7, 11) is 0. The normalized spacial score (nSPS) is 12.7. The van der Waals surface area contributed by atoms with Gasteiger partial charge in [0.05, 0.1) is 0 Å². The number of halogens is 1. The molecule has 0 aromatic heterocycles. The summed E-state index contributed by atoms with van der Waals surface area (Å²) in [5, 5.41) is 3.92. The molecular weight excluding hydrogens is 646 g/mol. The van der Waals surface area contributed by atoms with Gasteiger partial charge in [-0.25, -0.2) is 0 Å². The second-order valence-electron chi connectivity index (χ2n) is 17.5. The van der Waals surface area contributed by atoms with Crippen LogP contribution in [0.25, 0.3) is 33.4 Å². The van der Waals surface area contributed by atoms with Gasteiger partial charge in [-0.05, 0) is 90.4 Å². The lowest BCUT2D eigenvalue weighted by molar-refractivity contribution is 0.590. The Bertz CT molecular complexity index is 1880. The zero-order valence-corrected chi connectivity index (χ0v) is 32.8. The highest BCUT2D eigenvalue weighted by Crippen LogP contribution is 2.43. The molecule has 0 saturated carbocycles. The van der Waals surface area contributed by atoms with E-state index < -0.39 is 0 Å². The molecule has 0 aliphatic carbocycles. The minimum Gasteiger partial charge on any atom is -0.354 e. The summed E-state index contributed by atoms with van der Waals surface area (Å²) in [4.78, 5) is 0. The SMILES string of the molecule is CC(C)(C)c1ccc(-c2cc(-c3ccc(C(C)(C)C)cc3)c(Nc3ccc(C(C)(C)C)cc3-c3ccc(C(C)(C)C)cc3)cc2Br)cc1. The molecule has 0 unspecified atom stereocenters. The monoisotopic (exact) mass is 699 g/mol. The maximum Gasteiger partial charge on any atom is 0.0475 e. The lowest BCUT2D eigenvalue weighted by atomic mass is 9.83. The van der Waals surface area contributed by atoms with Gasteiger partial charge in [0.25, 0.3) is 0 Å². The maximum atomic E-state index is 3.99. The lowest BCUT2D eigenvalue weighted by Crippen LogP contribution is -2.12. The number of hydrogen-bond acceptors (Lipinski definition) is 1. The van der Waals surface area contributed by atoms with Crippen molar-refractivity contribution in [3.63, 3.8) is 0 Å². The van der Waals surface area contributed by atoms with E-state index in [1.165, 1.54) is 55.6 Å². The zero-order valence-electron chi connectivity index (χ0n) is 31.2. The van der Waals surface area contributed by atoms with Crippen LogP contribution in [0.3, 0.4) is 0 Å². The van der Waals surface area contributed by atoms with E-state index in [1.807, 2.05) is 0 Å². The summed E-state index contributed by atoms with van der Waals surface area (Å²) in [6.45, 7) is 27.3. The van der Waals surface area contributed by atoms with Crippen LogP contribution in [0, 0.1) is 0 Å². The van der Waals surface area contributed by atoms with E-state index in [0.717, 1.165) is 15.8 Å². The van der Waals surface area contributed by atoms with Gasteiger partial charge in [-0.2, -0.15) is 0 Å². The third-order valence-corrected chi connectivity index (χ3v) is 10.1. The van der Waals surface area contributed by atoms with Crippen LogP contribution in [0.5, 0.6) is 0 Å². The van der Waals surface area contributed by atoms with Gasteiger partial charge in [0, 0.05) is 27.0 Å². The van der Waals surface area contributed by atoms with Gasteiger partial charge >= 0.3 is 0 Å². The average molecular weight is 701 g/mol. The Morgan fingerprint density at radius 3 is 1.06 bits per heavy atom. The highest BCUT2D eigenvalue weighted by molar-refractivity contribution is 9.10. The van der Waals surface area contributed by atoms with Crippen LogP contribution >= 0.6 is 15.9 Å². The van der Waals surface area contributed by atoms with Crippen molar-refractivity contribution in [2.24, 2.45) is 0 Å². The van der Waals surface area contributed by atoms with Crippen LogP contribution in [-0.4, -0.2) is 0 Å². The van der Waals surface area contributed by atoms with Gasteiger partial charge in [-0.1, -0.05) is 178 Å². The smallest absolute Gasteiger partial charge is 0.0475 e. The maximum absolute atomic E-state index is 3.99. The molecule has 2 heteroatoms. The van der Waals surface area contributed by atoms with E-state index in [1.54, 1.807) is 0 Å². The van der Waals surface area contributed by atoms with Crippen molar-refractivity contribution >= 4 is 27.3 Å². The molecule has 0 bridgehead atoms. The first kappa shape index (κ1) is 35.7. The highest BCUT2D eigenvalue weighted by Gasteiger charge is 2.21. The first-order valence-corrected chi connectivity index (χ1v) is 18.1. The molecule has 1 nitrogen and oxygen atoms in total. The predicted octanol–water partition coefficient (Wildman–Crippen LogP) is 14.4. The molecule has 250 valence electrons. The van der Waals surface area contributed by atoms with Crippen LogP contribution in [0.15, 0.2) is 108 Å². The topological polar surface area (TPSA) is 12.0 Å². The molecule has 5 rings (SSSR count). The van der Waals surface area contributed by atoms with Gasteiger partial charge < -0.3 is 5.32 Å². The van der Waals surface area contributed by atoms with Crippen LogP contribution < -0.4 is 5.32 Å². The quantitative estimate of drug-likeness (QED) is 0.192. The Hall–Kier alpha value is -3.62. The van der Waals surface area contributed by atoms with Gasteiger partial charge in [0.2, 0.25) is 0 Å². The van der Waals surface area contributed by atoms with Gasteiger partial charge in [-0.15, -0.1) is 0 Å². The third-order valence-electron chi connectivity index (χ3n) is 9.45. The van der Waals surface area contributed by atoms with Crippen molar-refractivity contribution in [3.8, 4) is 33.4 Å². The Morgan fingerprint density at radius 2 is 0.688 bits per heavy atom. The van der Waals surface area contributed by atoms with E-state index in [-0.39, 0.29) is 21.7 Å². The van der Waals surface area contributed by atoms with E-state index in [0.29, 0.717) is 0 Å². The third kappa shape index (κ3) is 7.98. The van der Waals surface area contributed by atoms with Gasteiger partial charge in [-0.3, -0.25) is 0 Å². The standard InChI is InChI=1S/C46H54BrN/c1-43(2,3)33-19-13-30(14-20-33)37-28-39(32-17-23-35(24-18-32)45(7,8)9)42(29-40(37)47)48-41-26-25-36(46(10,11)12)27-38(41)31-15-21-34(22-16-31)44(4,5)6/h13-29,48H,1-12H3. The van der Waals surface area contributed by atoms with Crippen LogP contribution in [0.1, 0.15) is 105 Å². The molecule has 0 aliphatic rings. The molecule has 0 amide bonds. The molecule has 48 heavy (non-hydrogen) atoms. The van der Waals surface area contributed by atoms with Crippen LogP contribution in [0.2, 0.25) is 0 Å². The molecular formula is C46H54BrN. The lowest BCUT2D eigenvalue weighted by Gasteiger charge is -2.24. The molecule has 5 aromatic carbocycles. The fraction of sp³-hybridized carbons (Fsp3) is 0.348. The molecule has 0 atom stereocenters. The van der Waals surface area contributed by atoms with Crippen molar-refractivity contribution in [3.05, 3.63) is 130 Å². The highest BCUT2D eigenvalue weighted by atomic mass is 79.9. The second kappa shape index (κ2) is 13.0. The number of hydrogen-bond donors (Lipinski definition) is 1. The molecule has 0 spiro atoms. The van der Waals surface area contributed by atoms with E-state index in [4.69, 9.17) is 0 Å². The first-order chi connectivity index (χ1) is 22.2. The van der Waals surface area contributed by atoms with E-state index in [9.17, 15) is 0 Å². The fourth-order valence-electron chi connectivity index (χ4n) is 6.09. The van der Waals surface area contributed by atoms with Crippen molar-refractivity contribution < 1.29 is 0 Å². The molecule has 0 radical (unpaired) electrons. The van der Waals surface area contributed by atoms with Crippen molar-refractivity contribution in [1.82, 2.24) is 0 Å². The van der Waals surface area contributed by atoms with Gasteiger partial charge in [0.1, 0.15) is 0 Å². The Labute approximate surface area is 299 Å². The summed E-state index contributed by atoms with van der Waals surface area (Å²) in [5.41, 5.74) is 15.0. The molecule has 0 fully saturated rings. The molecule has 5 aromatic rings. The molecule has 0 saturated heterocycles. The number of nitrogens with one attached hydrogen (secondary N) is 1. The van der Waals surface area contributed by atoms with E-state index in [2.05, 4.69) is 207 Å². The summed E-state index contributed by atoms with van der Waals surface area (Å²) in [5.74, 6) is 0. The Morgan fingerprint density at radius 1 is 0.354 bits per heavy atom.